The molecule has 3 atom stereocenters. The molecule has 0 saturated heterocycles. The fourth-order valence-electron chi connectivity index (χ4n) is 3.52. The third kappa shape index (κ3) is 3.16. The highest BCUT2D eigenvalue weighted by molar-refractivity contribution is 5.93. The Kier molecular flexibility index (Phi) is 3.63. The lowest BCUT2D eigenvalue weighted by molar-refractivity contribution is -0.286. The first-order chi connectivity index (χ1) is 11.9. The van der Waals surface area contributed by atoms with Crippen LogP contribution in [0.2, 0.25) is 0 Å². The molecule has 1 amide bonds. The Morgan fingerprint density at radius 1 is 1.20 bits per heavy atom. The molecule has 8 heteroatoms. The molecule has 3 aliphatic rings. The minimum absolute atomic E-state index is 0.112. The molecule has 1 aromatic carbocycles. The Balaban J connectivity index is 1.30. The molecule has 0 unspecified atom stereocenters. The second-order valence-corrected chi connectivity index (χ2v) is 6.37. The summed E-state index contributed by atoms with van der Waals surface area (Å²) in [6.07, 6.45) is 2.16. The third-order valence-corrected chi connectivity index (χ3v) is 4.61. The molecule has 1 N–H and O–H groups in total. The van der Waals surface area contributed by atoms with Crippen molar-refractivity contribution in [2.45, 2.75) is 19.1 Å². The zero-order valence-corrected chi connectivity index (χ0v) is 13.0. The molecular weight excluding hydrogens is 336 g/mol. The van der Waals surface area contributed by atoms with E-state index in [4.69, 9.17) is 4.74 Å². The van der Waals surface area contributed by atoms with Gasteiger partial charge in [-0.05, 0) is 36.8 Å². The summed E-state index contributed by atoms with van der Waals surface area (Å²) in [6, 6.07) is 3.88. The number of nitrogens with one attached hydrogen (secondary N) is 1. The first-order valence-electron chi connectivity index (χ1n) is 7.94. The van der Waals surface area contributed by atoms with Gasteiger partial charge in [0.1, 0.15) is 0 Å². The van der Waals surface area contributed by atoms with Gasteiger partial charge in [0, 0.05) is 11.8 Å². The molecule has 1 heterocycles. The monoisotopic (exact) mass is 351 g/mol. The number of esters is 1. The predicted octanol–water partition coefficient (Wildman–Crippen LogP) is 2.70. The zero-order valence-electron chi connectivity index (χ0n) is 13.0. The fraction of sp³-hybridized carbons (Fsp3) is 0.412. The largest absolute Gasteiger partial charge is 0.586 e. The van der Waals surface area contributed by atoms with Crippen LogP contribution in [0.5, 0.6) is 11.5 Å². The Morgan fingerprint density at radius 3 is 2.72 bits per heavy atom. The van der Waals surface area contributed by atoms with E-state index in [2.05, 4.69) is 20.9 Å². The van der Waals surface area contributed by atoms with Gasteiger partial charge in [0.05, 0.1) is 5.92 Å². The van der Waals surface area contributed by atoms with E-state index in [-0.39, 0.29) is 35.0 Å². The summed E-state index contributed by atoms with van der Waals surface area (Å²) in [5, 5.41) is 2.47. The second-order valence-electron chi connectivity index (χ2n) is 6.37. The summed E-state index contributed by atoms with van der Waals surface area (Å²) in [5.41, 5.74) is 0.240. The van der Waals surface area contributed by atoms with Crippen LogP contribution in [0.25, 0.3) is 0 Å². The first kappa shape index (κ1) is 15.9. The number of fused-ring (bicyclic) bond motifs is 3. The number of alkyl halides is 2. The van der Waals surface area contributed by atoms with Crippen LogP contribution in [-0.2, 0) is 14.3 Å². The number of amides is 1. The number of allylic oxidation sites excluding steroid dienone is 2. The molecule has 1 fully saturated rings. The van der Waals surface area contributed by atoms with Crippen molar-refractivity contribution in [1.82, 2.24) is 0 Å². The molecule has 1 aromatic rings. The van der Waals surface area contributed by atoms with Crippen LogP contribution in [0.15, 0.2) is 30.4 Å². The molecule has 0 radical (unpaired) electrons. The van der Waals surface area contributed by atoms with Crippen molar-refractivity contribution in [2.24, 2.45) is 17.8 Å². The lowest BCUT2D eigenvalue weighted by Gasteiger charge is -2.16. The lowest BCUT2D eigenvalue weighted by atomic mass is 9.94. The quantitative estimate of drug-likeness (QED) is 0.667. The minimum atomic E-state index is -3.71. The van der Waals surface area contributed by atoms with Gasteiger partial charge in [-0.1, -0.05) is 12.2 Å². The van der Waals surface area contributed by atoms with E-state index in [1.165, 1.54) is 18.2 Å². The van der Waals surface area contributed by atoms with Crippen molar-refractivity contribution in [2.75, 3.05) is 11.9 Å². The van der Waals surface area contributed by atoms with Crippen molar-refractivity contribution in [1.29, 1.82) is 0 Å². The molecule has 0 aromatic heterocycles. The van der Waals surface area contributed by atoms with E-state index < -0.39 is 18.8 Å². The Morgan fingerprint density at radius 2 is 2.00 bits per heavy atom. The molecule has 6 nitrogen and oxygen atoms in total. The number of halogens is 2. The highest BCUT2D eigenvalue weighted by Gasteiger charge is 2.43. The van der Waals surface area contributed by atoms with E-state index in [1.807, 2.05) is 6.08 Å². The number of benzene rings is 1. The molecule has 2 aliphatic carbocycles. The Labute approximate surface area is 141 Å². The number of anilines is 1. The van der Waals surface area contributed by atoms with E-state index in [0.29, 0.717) is 5.92 Å². The number of rotatable bonds is 4. The number of hydrogen-bond donors (Lipinski definition) is 1. The van der Waals surface area contributed by atoms with Crippen LogP contribution < -0.4 is 14.8 Å². The normalized spacial score (nSPS) is 27.4. The van der Waals surface area contributed by atoms with Crippen LogP contribution >= 0.6 is 0 Å². The van der Waals surface area contributed by atoms with E-state index in [1.54, 1.807) is 0 Å². The molecule has 1 saturated carbocycles. The van der Waals surface area contributed by atoms with Crippen LogP contribution in [0.3, 0.4) is 0 Å². The average molecular weight is 351 g/mol. The van der Waals surface area contributed by atoms with Gasteiger partial charge in [-0.15, -0.1) is 8.78 Å². The van der Waals surface area contributed by atoms with Gasteiger partial charge in [0.25, 0.3) is 5.91 Å². The lowest BCUT2D eigenvalue weighted by Crippen LogP contribution is -2.26. The van der Waals surface area contributed by atoms with Gasteiger partial charge < -0.3 is 19.5 Å². The van der Waals surface area contributed by atoms with Crippen molar-refractivity contribution >= 4 is 17.6 Å². The smallest absolute Gasteiger partial charge is 0.455 e. The Hall–Kier alpha value is -2.64. The SMILES string of the molecule is O=C(COC(=O)[C@H]1C[C@H]2C=C[C@H]1C2)Nc1ccc2c(c1)OC(F)(F)O2. The van der Waals surface area contributed by atoms with Gasteiger partial charge in [0.2, 0.25) is 0 Å². The zero-order chi connectivity index (χ0) is 17.6. The van der Waals surface area contributed by atoms with Crippen molar-refractivity contribution in [3.05, 3.63) is 30.4 Å². The highest BCUT2D eigenvalue weighted by Crippen LogP contribution is 2.44. The van der Waals surface area contributed by atoms with E-state index in [0.717, 1.165) is 12.8 Å². The Bertz CT molecular complexity index is 763. The third-order valence-electron chi connectivity index (χ3n) is 4.61. The van der Waals surface area contributed by atoms with Gasteiger partial charge in [-0.3, -0.25) is 9.59 Å². The maximum atomic E-state index is 13.0. The summed E-state index contributed by atoms with van der Waals surface area (Å²) >= 11 is 0. The average Bonchev–Trinajstić information content (AvgIpc) is 3.24. The maximum absolute atomic E-state index is 13.0. The molecule has 4 rings (SSSR count). The summed E-state index contributed by atoms with van der Waals surface area (Å²) in [5.74, 6) is -0.767. The number of hydrogen-bond acceptors (Lipinski definition) is 5. The van der Waals surface area contributed by atoms with Crippen LogP contribution in [-0.4, -0.2) is 24.8 Å². The summed E-state index contributed by atoms with van der Waals surface area (Å²) < 4.78 is 39.6. The molecule has 132 valence electrons. The topological polar surface area (TPSA) is 73.9 Å². The fourth-order valence-corrected chi connectivity index (χ4v) is 3.52. The van der Waals surface area contributed by atoms with Gasteiger partial charge in [-0.25, -0.2) is 0 Å². The molecule has 1 aliphatic heterocycles. The summed E-state index contributed by atoms with van der Waals surface area (Å²) in [6.45, 7) is -0.430. The maximum Gasteiger partial charge on any atom is 0.586 e. The van der Waals surface area contributed by atoms with Crippen LogP contribution in [0.4, 0.5) is 14.5 Å². The first-order valence-corrected chi connectivity index (χ1v) is 7.94. The van der Waals surface area contributed by atoms with Crippen LogP contribution in [0.1, 0.15) is 12.8 Å². The van der Waals surface area contributed by atoms with Crippen molar-refractivity contribution < 1.29 is 32.6 Å². The number of carbonyl (C=O) groups excluding carboxylic acids is 2. The highest BCUT2D eigenvalue weighted by atomic mass is 19.3. The van der Waals surface area contributed by atoms with Gasteiger partial charge in [0.15, 0.2) is 18.1 Å². The van der Waals surface area contributed by atoms with Gasteiger partial charge in [-0.2, -0.15) is 0 Å². The minimum Gasteiger partial charge on any atom is -0.455 e. The summed E-state index contributed by atoms with van der Waals surface area (Å²) in [7, 11) is 0. The predicted molar refractivity (Wildman–Crippen MR) is 81.1 cm³/mol. The van der Waals surface area contributed by atoms with Crippen LogP contribution in [0, 0.1) is 17.8 Å². The molecule has 0 spiro atoms. The molecule has 25 heavy (non-hydrogen) atoms. The van der Waals surface area contributed by atoms with Gasteiger partial charge >= 0.3 is 12.3 Å². The standard InChI is InChI=1S/C17H15F2NO5/c18-17(19)24-13-4-3-11(7-14(13)25-17)20-15(21)8-23-16(22)12-6-9-1-2-10(12)5-9/h1-4,7,9-10,12H,5-6,8H2,(H,20,21)/t9-,10-,12-/m0/s1. The molecule has 2 bridgehead atoms. The number of ether oxygens (including phenoxy) is 3. The van der Waals surface area contributed by atoms with E-state index in [9.17, 15) is 18.4 Å². The molecular formula is C17H15F2NO5. The second kappa shape index (κ2) is 5.72. The summed E-state index contributed by atoms with van der Waals surface area (Å²) in [4.78, 5) is 24.0. The number of carbonyl (C=O) groups is 2. The van der Waals surface area contributed by atoms with Crippen molar-refractivity contribution in [3.63, 3.8) is 0 Å². The van der Waals surface area contributed by atoms with Crippen molar-refractivity contribution in [3.8, 4) is 11.5 Å². The van der Waals surface area contributed by atoms with E-state index >= 15 is 0 Å².